The van der Waals surface area contributed by atoms with Crippen molar-refractivity contribution in [1.82, 2.24) is 10.6 Å². The van der Waals surface area contributed by atoms with Gasteiger partial charge in [-0.1, -0.05) is 24.3 Å². The maximum atomic E-state index is 13.0. The van der Waals surface area contributed by atoms with Gasteiger partial charge in [0.25, 0.3) is 5.91 Å². The summed E-state index contributed by atoms with van der Waals surface area (Å²) in [5, 5.41) is 17.0. The van der Waals surface area contributed by atoms with E-state index in [2.05, 4.69) is 16.0 Å². The van der Waals surface area contributed by atoms with Crippen LogP contribution in [0.25, 0.3) is 0 Å². The molecule has 3 rings (SSSR count). The molecule has 0 unspecified atom stereocenters. The topological polar surface area (TPSA) is 126 Å². The zero-order chi connectivity index (χ0) is 21.7. The van der Waals surface area contributed by atoms with Gasteiger partial charge in [-0.3, -0.25) is 4.79 Å². The first kappa shape index (κ1) is 20.7. The van der Waals surface area contributed by atoms with Crippen LogP contribution in [0, 0.1) is 0 Å². The fourth-order valence-corrected chi connectivity index (χ4v) is 3.09. The summed E-state index contributed by atoms with van der Waals surface area (Å²) in [5.74, 6) is -0.978. The van der Waals surface area contributed by atoms with E-state index in [1.165, 1.54) is 13.2 Å². The molecule has 1 heterocycles. The lowest BCUT2D eigenvalue weighted by Crippen LogP contribution is -2.46. The molecule has 2 aromatic rings. The van der Waals surface area contributed by atoms with Gasteiger partial charge in [0.15, 0.2) is 18.1 Å². The number of carbonyl (C=O) groups is 3. The van der Waals surface area contributed by atoms with Crippen LogP contribution in [0.3, 0.4) is 0 Å². The van der Waals surface area contributed by atoms with Crippen molar-refractivity contribution < 1.29 is 29.0 Å². The highest BCUT2D eigenvalue weighted by Gasteiger charge is 2.31. The van der Waals surface area contributed by atoms with Gasteiger partial charge < -0.3 is 30.5 Å². The summed E-state index contributed by atoms with van der Waals surface area (Å²) in [6.07, 6.45) is 0. The van der Waals surface area contributed by atoms with E-state index in [9.17, 15) is 14.4 Å². The van der Waals surface area contributed by atoms with Crippen LogP contribution in [-0.4, -0.2) is 36.7 Å². The highest BCUT2D eigenvalue weighted by Crippen LogP contribution is 2.34. The van der Waals surface area contributed by atoms with Crippen LogP contribution in [0.5, 0.6) is 11.5 Å². The van der Waals surface area contributed by atoms with Crippen molar-refractivity contribution in [3.8, 4) is 11.5 Å². The molecule has 0 bridgehead atoms. The van der Waals surface area contributed by atoms with E-state index >= 15 is 0 Å². The Morgan fingerprint density at radius 3 is 2.53 bits per heavy atom. The van der Waals surface area contributed by atoms with Gasteiger partial charge in [0, 0.05) is 11.4 Å². The molecule has 0 saturated heterocycles. The molecule has 156 valence electrons. The molecule has 4 N–H and O–H groups in total. The van der Waals surface area contributed by atoms with Crippen molar-refractivity contribution in [2.75, 3.05) is 19.0 Å². The third-order valence-corrected chi connectivity index (χ3v) is 4.42. The van der Waals surface area contributed by atoms with Crippen LogP contribution >= 0.6 is 0 Å². The highest BCUT2D eigenvalue weighted by molar-refractivity contribution is 6.06. The number of carboxylic acid groups (broad SMARTS) is 1. The molecule has 9 nitrogen and oxygen atoms in total. The second kappa shape index (κ2) is 8.99. The summed E-state index contributed by atoms with van der Waals surface area (Å²) in [6.45, 7) is 1.12. The first-order valence-electron chi connectivity index (χ1n) is 9.06. The lowest BCUT2D eigenvalue weighted by molar-refractivity contribution is -0.139. The van der Waals surface area contributed by atoms with Gasteiger partial charge >= 0.3 is 12.0 Å². The maximum Gasteiger partial charge on any atom is 0.341 e. The van der Waals surface area contributed by atoms with E-state index in [-0.39, 0.29) is 17.4 Å². The minimum Gasteiger partial charge on any atom is -0.493 e. The predicted octanol–water partition coefficient (Wildman–Crippen LogP) is 2.43. The Hall–Kier alpha value is -4.01. The molecule has 1 atom stereocenters. The van der Waals surface area contributed by atoms with Crippen molar-refractivity contribution >= 4 is 23.6 Å². The van der Waals surface area contributed by atoms with Crippen LogP contribution in [0.4, 0.5) is 10.5 Å². The normalized spacial score (nSPS) is 15.7. The monoisotopic (exact) mass is 411 g/mol. The molecular weight excluding hydrogens is 390 g/mol. The quantitative estimate of drug-likeness (QED) is 0.554. The third-order valence-electron chi connectivity index (χ3n) is 4.42. The molecule has 0 aromatic heterocycles. The first-order valence-corrected chi connectivity index (χ1v) is 9.06. The molecule has 3 amide bonds. The minimum absolute atomic E-state index is 0.236. The fraction of sp³-hybridized carbons (Fsp3) is 0.190. The number of aliphatic carboxylic acids is 1. The molecule has 30 heavy (non-hydrogen) atoms. The van der Waals surface area contributed by atoms with Crippen molar-refractivity contribution in [3.63, 3.8) is 0 Å². The molecule has 0 spiro atoms. The van der Waals surface area contributed by atoms with Gasteiger partial charge in [-0.15, -0.1) is 0 Å². The summed E-state index contributed by atoms with van der Waals surface area (Å²) in [6, 6.07) is 12.5. The van der Waals surface area contributed by atoms with E-state index in [1.807, 2.05) is 6.07 Å². The molecule has 1 aliphatic heterocycles. The molecule has 0 radical (unpaired) electrons. The second-order valence-corrected chi connectivity index (χ2v) is 6.48. The fourth-order valence-electron chi connectivity index (χ4n) is 3.09. The SMILES string of the molecule is COc1cc([C@@H]2NC(=O)NC(C)=C2C(=O)Nc2ccccc2)ccc1OCC(=O)O. The minimum atomic E-state index is -1.12. The Bertz CT molecular complexity index is 1000. The zero-order valence-electron chi connectivity index (χ0n) is 16.4. The summed E-state index contributed by atoms with van der Waals surface area (Å²) in [7, 11) is 1.41. The molecule has 9 heteroatoms. The van der Waals surface area contributed by atoms with Crippen LogP contribution in [0.2, 0.25) is 0 Å². The lowest BCUT2D eigenvalue weighted by atomic mass is 9.94. The summed E-state index contributed by atoms with van der Waals surface area (Å²) < 4.78 is 10.5. The van der Waals surface area contributed by atoms with Crippen molar-refractivity contribution in [1.29, 1.82) is 0 Å². The van der Waals surface area contributed by atoms with Crippen LogP contribution in [-0.2, 0) is 9.59 Å². The van der Waals surface area contributed by atoms with E-state index in [0.717, 1.165) is 0 Å². The Morgan fingerprint density at radius 2 is 1.87 bits per heavy atom. The van der Waals surface area contributed by atoms with Crippen molar-refractivity contribution in [2.24, 2.45) is 0 Å². The number of ether oxygens (including phenoxy) is 2. The van der Waals surface area contributed by atoms with Crippen LogP contribution < -0.4 is 25.4 Å². The molecular formula is C21H21N3O6. The standard InChI is InChI=1S/C21H21N3O6/c1-12-18(20(27)23-14-6-4-3-5-7-14)19(24-21(28)22-12)13-8-9-15(16(10-13)29-2)30-11-17(25)26/h3-10,19H,11H2,1-2H3,(H,23,27)(H,25,26)(H2,22,24,28)/t19-/m0/s1. The van der Waals surface area contributed by atoms with Crippen LogP contribution in [0.15, 0.2) is 59.8 Å². The van der Waals surface area contributed by atoms with Gasteiger partial charge in [-0.05, 0) is 36.8 Å². The average Bonchev–Trinajstić information content (AvgIpc) is 2.72. The number of carboxylic acids is 1. The number of rotatable bonds is 7. The van der Waals surface area contributed by atoms with Gasteiger partial charge in [-0.2, -0.15) is 0 Å². The Balaban J connectivity index is 1.93. The highest BCUT2D eigenvalue weighted by atomic mass is 16.5. The van der Waals surface area contributed by atoms with Crippen LogP contribution in [0.1, 0.15) is 18.5 Å². The number of para-hydroxylation sites is 1. The molecule has 0 aliphatic carbocycles. The van der Waals surface area contributed by atoms with E-state index in [0.29, 0.717) is 22.5 Å². The zero-order valence-corrected chi connectivity index (χ0v) is 16.4. The number of benzene rings is 2. The lowest BCUT2D eigenvalue weighted by Gasteiger charge is -2.29. The molecule has 0 saturated carbocycles. The van der Waals surface area contributed by atoms with Gasteiger partial charge in [-0.25, -0.2) is 9.59 Å². The smallest absolute Gasteiger partial charge is 0.341 e. The van der Waals surface area contributed by atoms with Gasteiger partial charge in [0.05, 0.1) is 18.7 Å². The Morgan fingerprint density at radius 1 is 1.13 bits per heavy atom. The summed E-state index contributed by atoms with van der Waals surface area (Å²) >= 11 is 0. The maximum absolute atomic E-state index is 13.0. The molecule has 0 fully saturated rings. The number of amides is 3. The van der Waals surface area contributed by atoms with E-state index < -0.39 is 24.6 Å². The van der Waals surface area contributed by atoms with E-state index in [1.54, 1.807) is 43.3 Å². The summed E-state index contributed by atoms with van der Waals surface area (Å²) in [5.41, 5.74) is 1.94. The number of methoxy groups -OCH3 is 1. The van der Waals surface area contributed by atoms with Gasteiger partial charge in [0.2, 0.25) is 0 Å². The number of carbonyl (C=O) groups excluding carboxylic acids is 2. The Labute approximate surface area is 172 Å². The van der Waals surface area contributed by atoms with Crippen molar-refractivity contribution in [2.45, 2.75) is 13.0 Å². The number of urea groups is 1. The predicted molar refractivity (Wildman–Crippen MR) is 108 cm³/mol. The number of anilines is 1. The molecule has 2 aromatic carbocycles. The number of allylic oxidation sites excluding steroid dienone is 1. The second-order valence-electron chi connectivity index (χ2n) is 6.48. The Kier molecular flexibility index (Phi) is 6.21. The number of nitrogens with one attached hydrogen (secondary N) is 3. The molecule has 1 aliphatic rings. The number of hydrogen-bond donors (Lipinski definition) is 4. The third kappa shape index (κ3) is 4.69. The number of hydrogen-bond acceptors (Lipinski definition) is 5. The first-order chi connectivity index (χ1) is 14.4. The van der Waals surface area contributed by atoms with Crippen molar-refractivity contribution in [3.05, 3.63) is 65.4 Å². The largest absolute Gasteiger partial charge is 0.493 e. The van der Waals surface area contributed by atoms with Gasteiger partial charge in [0.1, 0.15) is 0 Å². The average molecular weight is 411 g/mol. The van der Waals surface area contributed by atoms with E-state index in [4.69, 9.17) is 14.6 Å². The summed E-state index contributed by atoms with van der Waals surface area (Å²) in [4.78, 5) is 35.8.